The highest BCUT2D eigenvalue weighted by atomic mass is 79.9. The maximum absolute atomic E-state index is 5.77. The molecule has 0 aliphatic rings. The molecule has 1 N–H and O–H groups in total. The third kappa shape index (κ3) is 3.54. The lowest BCUT2D eigenvalue weighted by atomic mass is 10.2. The topological polar surface area (TPSA) is 34.1 Å². The molecule has 18 heavy (non-hydrogen) atoms. The number of hydrogen-bond acceptors (Lipinski definition) is 4. The number of aryl methyl sites for hydroxylation is 1. The molecule has 1 heterocycles. The summed E-state index contributed by atoms with van der Waals surface area (Å²) in [5, 5.41) is 4.19. The molecule has 0 amide bonds. The number of halogens is 1. The summed E-state index contributed by atoms with van der Waals surface area (Å²) in [4.78, 5) is 5.35. The minimum absolute atomic E-state index is 0.565. The van der Waals surface area contributed by atoms with E-state index in [1.807, 2.05) is 26.2 Å². The minimum Gasteiger partial charge on any atom is -0.487 e. The SMILES string of the molecule is CNCc1ccc(OCc2cnc(C)s2)c(Br)c1. The predicted molar refractivity (Wildman–Crippen MR) is 78.1 cm³/mol. The second-order valence-electron chi connectivity index (χ2n) is 3.93. The van der Waals surface area contributed by atoms with Crippen molar-refractivity contribution in [3.63, 3.8) is 0 Å². The van der Waals surface area contributed by atoms with E-state index in [0.29, 0.717) is 6.61 Å². The molecule has 2 rings (SSSR count). The number of benzene rings is 1. The van der Waals surface area contributed by atoms with Gasteiger partial charge in [0.15, 0.2) is 0 Å². The molecule has 1 aromatic heterocycles. The fourth-order valence-corrected chi connectivity index (χ4v) is 2.85. The summed E-state index contributed by atoms with van der Waals surface area (Å²) in [5.41, 5.74) is 1.23. The molecule has 2 aromatic rings. The van der Waals surface area contributed by atoms with Crippen molar-refractivity contribution in [3.8, 4) is 5.75 Å². The first-order valence-corrected chi connectivity index (χ1v) is 7.27. The zero-order chi connectivity index (χ0) is 13.0. The molecule has 0 spiro atoms. The maximum Gasteiger partial charge on any atom is 0.134 e. The molecular weight excluding hydrogens is 312 g/mol. The number of rotatable bonds is 5. The van der Waals surface area contributed by atoms with Crippen molar-refractivity contribution in [1.29, 1.82) is 0 Å². The van der Waals surface area contributed by atoms with Crippen molar-refractivity contribution in [2.45, 2.75) is 20.1 Å². The van der Waals surface area contributed by atoms with Crippen LogP contribution in [-0.2, 0) is 13.2 Å². The fraction of sp³-hybridized carbons (Fsp3) is 0.308. The Balaban J connectivity index is 2.01. The Morgan fingerprint density at radius 2 is 2.28 bits per heavy atom. The van der Waals surface area contributed by atoms with E-state index < -0.39 is 0 Å². The maximum atomic E-state index is 5.77. The Morgan fingerprint density at radius 1 is 1.44 bits per heavy atom. The first kappa shape index (κ1) is 13.5. The average molecular weight is 327 g/mol. The molecule has 96 valence electrons. The molecule has 1 aromatic carbocycles. The monoisotopic (exact) mass is 326 g/mol. The zero-order valence-corrected chi connectivity index (χ0v) is 12.8. The highest BCUT2D eigenvalue weighted by Crippen LogP contribution is 2.27. The Bertz CT molecular complexity index is 527. The highest BCUT2D eigenvalue weighted by molar-refractivity contribution is 9.10. The van der Waals surface area contributed by atoms with Gasteiger partial charge < -0.3 is 10.1 Å². The van der Waals surface area contributed by atoms with Gasteiger partial charge in [-0.25, -0.2) is 4.98 Å². The zero-order valence-electron chi connectivity index (χ0n) is 10.4. The number of nitrogens with zero attached hydrogens (tertiary/aromatic N) is 1. The third-order valence-corrected chi connectivity index (χ3v) is 3.92. The van der Waals surface area contributed by atoms with E-state index in [9.17, 15) is 0 Å². The molecule has 3 nitrogen and oxygen atoms in total. The van der Waals surface area contributed by atoms with Crippen molar-refractivity contribution >= 4 is 27.3 Å². The van der Waals surface area contributed by atoms with E-state index in [4.69, 9.17) is 4.74 Å². The molecular formula is C13H15BrN2OS. The summed E-state index contributed by atoms with van der Waals surface area (Å²) in [5.74, 6) is 0.862. The van der Waals surface area contributed by atoms with Gasteiger partial charge in [-0.15, -0.1) is 11.3 Å². The lowest BCUT2D eigenvalue weighted by Gasteiger charge is -2.08. The molecule has 0 saturated carbocycles. The molecule has 0 aliphatic carbocycles. The molecule has 0 atom stereocenters. The van der Waals surface area contributed by atoms with Crippen LogP contribution in [0.3, 0.4) is 0 Å². The van der Waals surface area contributed by atoms with Gasteiger partial charge in [-0.05, 0) is 47.6 Å². The van der Waals surface area contributed by atoms with Crippen LogP contribution < -0.4 is 10.1 Å². The van der Waals surface area contributed by atoms with Gasteiger partial charge in [0.25, 0.3) is 0 Å². The molecule has 0 saturated heterocycles. The van der Waals surface area contributed by atoms with Crippen LogP contribution >= 0.6 is 27.3 Å². The van der Waals surface area contributed by atoms with Gasteiger partial charge in [0, 0.05) is 12.7 Å². The largest absolute Gasteiger partial charge is 0.487 e. The van der Waals surface area contributed by atoms with Crippen molar-refractivity contribution in [2.75, 3.05) is 7.05 Å². The minimum atomic E-state index is 0.565. The van der Waals surface area contributed by atoms with Crippen LogP contribution in [0.1, 0.15) is 15.4 Å². The van der Waals surface area contributed by atoms with Crippen molar-refractivity contribution < 1.29 is 4.74 Å². The second kappa shape index (κ2) is 6.31. The number of thiazole rings is 1. The molecule has 5 heteroatoms. The van der Waals surface area contributed by atoms with Crippen LogP contribution in [0.15, 0.2) is 28.9 Å². The average Bonchev–Trinajstić information content (AvgIpc) is 2.74. The summed E-state index contributed by atoms with van der Waals surface area (Å²) in [7, 11) is 1.93. The lowest BCUT2D eigenvalue weighted by molar-refractivity contribution is 0.307. The van der Waals surface area contributed by atoms with Crippen LogP contribution in [0.25, 0.3) is 0 Å². The quantitative estimate of drug-likeness (QED) is 0.912. The van der Waals surface area contributed by atoms with Crippen molar-refractivity contribution in [3.05, 3.63) is 44.3 Å². The van der Waals surface area contributed by atoms with E-state index in [1.54, 1.807) is 11.3 Å². The highest BCUT2D eigenvalue weighted by Gasteiger charge is 2.04. The van der Waals surface area contributed by atoms with E-state index >= 15 is 0 Å². The number of hydrogen-bond donors (Lipinski definition) is 1. The first-order valence-electron chi connectivity index (χ1n) is 5.66. The van der Waals surface area contributed by atoms with Crippen molar-refractivity contribution in [1.82, 2.24) is 10.3 Å². The molecule has 0 bridgehead atoms. The van der Waals surface area contributed by atoms with Crippen LogP contribution in [0, 0.1) is 6.92 Å². The number of aromatic nitrogens is 1. The summed E-state index contributed by atoms with van der Waals surface area (Å²) in [6.45, 7) is 3.42. The summed E-state index contributed by atoms with van der Waals surface area (Å²) in [6, 6.07) is 6.13. The summed E-state index contributed by atoms with van der Waals surface area (Å²) < 4.78 is 6.76. The lowest BCUT2D eigenvalue weighted by Crippen LogP contribution is -2.05. The van der Waals surface area contributed by atoms with E-state index in [1.165, 1.54) is 5.56 Å². The van der Waals surface area contributed by atoms with Crippen LogP contribution in [0.5, 0.6) is 5.75 Å². The Hall–Kier alpha value is -0.910. The van der Waals surface area contributed by atoms with Gasteiger partial charge in [0.05, 0.1) is 14.4 Å². The fourth-order valence-electron chi connectivity index (χ4n) is 1.60. The van der Waals surface area contributed by atoms with Crippen molar-refractivity contribution in [2.24, 2.45) is 0 Å². The third-order valence-electron chi connectivity index (χ3n) is 2.42. The standard InChI is InChI=1S/C13H15BrN2OS/c1-9-16-7-11(18-9)8-17-13-4-3-10(6-15-2)5-12(13)14/h3-5,7,15H,6,8H2,1-2H3. The van der Waals surface area contributed by atoms with Crippen LogP contribution in [0.2, 0.25) is 0 Å². The first-order chi connectivity index (χ1) is 8.69. The van der Waals surface area contributed by atoms with E-state index in [0.717, 1.165) is 26.7 Å². The smallest absolute Gasteiger partial charge is 0.134 e. The molecule has 0 aliphatic heterocycles. The van der Waals surface area contributed by atoms with Crippen LogP contribution in [0.4, 0.5) is 0 Å². The normalized spacial score (nSPS) is 10.6. The van der Waals surface area contributed by atoms with Gasteiger partial charge >= 0.3 is 0 Å². The predicted octanol–water partition coefficient (Wildman–Crippen LogP) is 3.51. The van der Waals surface area contributed by atoms with E-state index in [-0.39, 0.29) is 0 Å². The Morgan fingerprint density at radius 3 is 2.89 bits per heavy atom. The van der Waals surface area contributed by atoms with Gasteiger partial charge in [-0.1, -0.05) is 6.07 Å². The molecule has 0 unspecified atom stereocenters. The van der Waals surface area contributed by atoms with Gasteiger partial charge in [0.2, 0.25) is 0 Å². The van der Waals surface area contributed by atoms with Gasteiger partial charge in [-0.3, -0.25) is 0 Å². The Kier molecular flexibility index (Phi) is 4.74. The Labute approximate surface area is 119 Å². The van der Waals surface area contributed by atoms with E-state index in [2.05, 4.69) is 38.4 Å². The summed E-state index contributed by atoms with van der Waals surface area (Å²) >= 11 is 5.19. The van der Waals surface area contributed by atoms with Crippen LogP contribution in [-0.4, -0.2) is 12.0 Å². The number of ether oxygens (including phenoxy) is 1. The molecule has 0 radical (unpaired) electrons. The number of nitrogens with one attached hydrogen (secondary N) is 1. The molecule has 0 fully saturated rings. The van der Waals surface area contributed by atoms with Gasteiger partial charge in [-0.2, -0.15) is 0 Å². The summed E-state index contributed by atoms with van der Waals surface area (Å²) in [6.07, 6.45) is 1.86. The second-order valence-corrected chi connectivity index (χ2v) is 6.10. The van der Waals surface area contributed by atoms with Gasteiger partial charge in [0.1, 0.15) is 12.4 Å².